The van der Waals surface area contributed by atoms with Crippen LogP contribution in [-0.4, -0.2) is 23.8 Å². The number of carbonyl (C=O) groups is 3. The number of allylic oxidation sites excluding steroid dienone is 3. The second-order valence-corrected chi connectivity index (χ2v) is 10.3. The molecule has 2 aliphatic carbocycles. The standard InChI is InChI=1S/C31H33NO5/c1-19-28(31(35)37-24-11-7-4-8-12-24)29(22-13-15-25(16-14-22)36-20(2)33)30-26(32-19)17-23(18-27(30)34)21-9-5-3-6-10-21/h3,5-6,9-10,13-17,23-24,29-30,32H,4,7-8,11-12,18H2,1-2H3. The normalized spacial score (nSPS) is 24.0. The lowest BCUT2D eigenvalue weighted by Crippen LogP contribution is -2.42. The summed E-state index contributed by atoms with van der Waals surface area (Å²) in [6.07, 6.45) is 7.45. The molecule has 1 heterocycles. The Kier molecular flexibility index (Phi) is 7.26. The molecular weight excluding hydrogens is 466 g/mol. The van der Waals surface area contributed by atoms with E-state index in [2.05, 4.69) is 11.4 Å². The molecule has 2 aromatic carbocycles. The first-order valence-corrected chi connectivity index (χ1v) is 13.2. The molecule has 1 N–H and O–H groups in total. The molecule has 0 radical (unpaired) electrons. The highest BCUT2D eigenvalue weighted by atomic mass is 16.5. The van der Waals surface area contributed by atoms with Gasteiger partial charge < -0.3 is 14.8 Å². The van der Waals surface area contributed by atoms with Crippen LogP contribution in [0.3, 0.4) is 0 Å². The van der Waals surface area contributed by atoms with Crippen molar-refractivity contribution >= 4 is 17.7 Å². The second kappa shape index (κ2) is 10.8. The summed E-state index contributed by atoms with van der Waals surface area (Å²) in [5.41, 5.74) is 3.94. The molecule has 0 saturated heterocycles. The minimum Gasteiger partial charge on any atom is -0.459 e. The van der Waals surface area contributed by atoms with Gasteiger partial charge in [0.15, 0.2) is 0 Å². The first-order chi connectivity index (χ1) is 17.9. The van der Waals surface area contributed by atoms with Crippen LogP contribution < -0.4 is 10.1 Å². The van der Waals surface area contributed by atoms with Crippen molar-refractivity contribution in [1.29, 1.82) is 0 Å². The molecule has 5 rings (SSSR count). The summed E-state index contributed by atoms with van der Waals surface area (Å²) < 4.78 is 11.2. The van der Waals surface area contributed by atoms with E-state index in [0.29, 0.717) is 23.4 Å². The maximum Gasteiger partial charge on any atom is 0.336 e. The summed E-state index contributed by atoms with van der Waals surface area (Å²) in [6, 6.07) is 17.1. The van der Waals surface area contributed by atoms with E-state index in [1.807, 2.05) is 49.4 Å². The van der Waals surface area contributed by atoms with Crippen LogP contribution in [0.5, 0.6) is 5.75 Å². The van der Waals surface area contributed by atoms with E-state index >= 15 is 0 Å². The van der Waals surface area contributed by atoms with Crippen LogP contribution in [0.1, 0.15) is 75.3 Å². The first kappa shape index (κ1) is 25.0. The number of ketones is 1. The van der Waals surface area contributed by atoms with Gasteiger partial charge in [-0.3, -0.25) is 9.59 Å². The molecule has 3 atom stereocenters. The van der Waals surface area contributed by atoms with Crippen LogP contribution in [0.2, 0.25) is 0 Å². The third kappa shape index (κ3) is 5.38. The van der Waals surface area contributed by atoms with Gasteiger partial charge in [0.1, 0.15) is 17.6 Å². The number of nitrogens with one attached hydrogen (secondary N) is 1. The van der Waals surface area contributed by atoms with Gasteiger partial charge in [-0.1, -0.05) is 55.0 Å². The van der Waals surface area contributed by atoms with Gasteiger partial charge in [0, 0.05) is 36.6 Å². The van der Waals surface area contributed by atoms with Crippen molar-refractivity contribution in [3.8, 4) is 5.75 Å². The second-order valence-electron chi connectivity index (χ2n) is 10.3. The minimum atomic E-state index is -0.517. The third-order valence-electron chi connectivity index (χ3n) is 7.64. The average Bonchev–Trinajstić information content (AvgIpc) is 2.89. The Bertz CT molecular complexity index is 1240. The molecule has 1 fully saturated rings. The van der Waals surface area contributed by atoms with Gasteiger partial charge in [0.05, 0.1) is 11.5 Å². The van der Waals surface area contributed by atoms with Crippen LogP contribution in [0, 0.1) is 5.92 Å². The minimum absolute atomic E-state index is 0.0250. The quantitative estimate of drug-likeness (QED) is 0.420. The predicted octanol–water partition coefficient (Wildman–Crippen LogP) is 5.71. The third-order valence-corrected chi connectivity index (χ3v) is 7.64. The molecular formula is C31H33NO5. The molecule has 6 heteroatoms. The van der Waals surface area contributed by atoms with E-state index in [9.17, 15) is 14.4 Å². The van der Waals surface area contributed by atoms with Crippen LogP contribution in [0.15, 0.2) is 77.6 Å². The molecule has 1 aliphatic heterocycles. The molecule has 2 aromatic rings. The van der Waals surface area contributed by atoms with Gasteiger partial charge in [-0.2, -0.15) is 0 Å². The summed E-state index contributed by atoms with van der Waals surface area (Å²) in [5, 5.41) is 3.40. The smallest absolute Gasteiger partial charge is 0.336 e. The fraction of sp³-hybridized carbons (Fsp3) is 0.387. The Hall–Kier alpha value is -3.67. The van der Waals surface area contributed by atoms with Gasteiger partial charge in [-0.25, -0.2) is 4.79 Å². The molecule has 37 heavy (non-hydrogen) atoms. The molecule has 0 aromatic heterocycles. The zero-order chi connectivity index (χ0) is 25.9. The van der Waals surface area contributed by atoms with Gasteiger partial charge in [-0.05, 0) is 55.9 Å². The maximum absolute atomic E-state index is 13.7. The first-order valence-electron chi connectivity index (χ1n) is 13.2. The molecule has 6 nitrogen and oxygen atoms in total. The van der Waals surface area contributed by atoms with Gasteiger partial charge in [0.2, 0.25) is 0 Å². The predicted molar refractivity (Wildman–Crippen MR) is 140 cm³/mol. The molecule has 1 saturated carbocycles. The number of hydrogen-bond donors (Lipinski definition) is 1. The van der Waals surface area contributed by atoms with E-state index in [1.54, 1.807) is 12.1 Å². The molecule has 3 unspecified atom stereocenters. The largest absolute Gasteiger partial charge is 0.459 e. The number of fused-ring (bicyclic) bond motifs is 1. The fourth-order valence-electron chi connectivity index (χ4n) is 5.93. The van der Waals surface area contributed by atoms with Gasteiger partial charge in [0.25, 0.3) is 0 Å². The van der Waals surface area contributed by atoms with Crippen molar-refractivity contribution in [1.82, 2.24) is 5.32 Å². The SMILES string of the molecule is CC(=O)Oc1ccc(C2C(C(=O)OC3CCCCC3)=C(C)NC3=CC(c4ccccc4)CC(=O)C32)cc1. The number of benzene rings is 2. The highest BCUT2D eigenvalue weighted by Gasteiger charge is 2.45. The summed E-state index contributed by atoms with van der Waals surface area (Å²) in [5.74, 6) is -1.28. The summed E-state index contributed by atoms with van der Waals surface area (Å²) >= 11 is 0. The van der Waals surface area contributed by atoms with Crippen LogP contribution in [-0.2, 0) is 19.1 Å². The lowest BCUT2D eigenvalue weighted by atomic mass is 9.68. The molecule has 3 aliphatic rings. The maximum atomic E-state index is 13.7. The summed E-state index contributed by atoms with van der Waals surface area (Å²) in [7, 11) is 0. The molecule has 0 bridgehead atoms. The van der Waals surface area contributed by atoms with Crippen molar-refractivity contribution in [2.75, 3.05) is 0 Å². The van der Waals surface area contributed by atoms with E-state index in [1.165, 1.54) is 13.3 Å². The highest BCUT2D eigenvalue weighted by Crippen LogP contribution is 2.46. The molecule has 192 valence electrons. The van der Waals surface area contributed by atoms with E-state index < -0.39 is 17.8 Å². The highest BCUT2D eigenvalue weighted by molar-refractivity contribution is 5.96. The topological polar surface area (TPSA) is 81.7 Å². The van der Waals surface area contributed by atoms with Crippen LogP contribution in [0.25, 0.3) is 0 Å². The van der Waals surface area contributed by atoms with Crippen molar-refractivity contribution in [3.05, 3.63) is 88.8 Å². The van der Waals surface area contributed by atoms with E-state index in [0.717, 1.165) is 42.5 Å². The van der Waals surface area contributed by atoms with Crippen molar-refractivity contribution in [2.24, 2.45) is 5.92 Å². The average molecular weight is 500 g/mol. The van der Waals surface area contributed by atoms with Crippen LogP contribution in [0.4, 0.5) is 0 Å². The van der Waals surface area contributed by atoms with Crippen molar-refractivity contribution < 1.29 is 23.9 Å². The number of esters is 2. The number of rotatable bonds is 5. The Morgan fingerprint density at radius 1 is 0.892 bits per heavy atom. The molecule has 0 amide bonds. The zero-order valence-electron chi connectivity index (χ0n) is 21.4. The number of hydrogen-bond acceptors (Lipinski definition) is 6. The summed E-state index contributed by atoms with van der Waals surface area (Å²) in [4.78, 5) is 38.8. The molecule has 0 spiro atoms. The van der Waals surface area contributed by atoms with Crippen molar-refractivity contribution in [2.45, 2.75) is 70.3 Å². The number of Topliss-reactive ketones (excluding diaryl/α,β-unsaturated/α-hetero) is 1. The Morgan fingerprint density at radius 2 is 1.59 bits per heavy atom. The Balaban J connectivity index is 1.54. The van der Waals surface area contributed by atoms with Gasteiger partial charge >= 0.3 is 11.9 Å². The van der Waals surface area contributed by atoms with Crippen molar-refractivity contribution in [3.63, 3.8) is 0 Å². The fourth-order valence-corrected chi connectivity index (χ4v) is 5.93. The van der Waals surface area contributed by atoms with E-state index in [-0.39, 0.29) is 23.8 Å². The Morgan fingerprint density at radius 3 is 2.27 bits per heavy atom. The zero-order valence-corrected chi connectivity index (χ0v) is 21.4. The van der Waals surface area contributed by atoms with Gasteiger partial charge in [-0.15, -0.1) is 0 Å². The van der Waals surface area contributed by atoms with E-state index in [4.69, 9.17) is 9.47 Å². The lowest BCUT2D eigenvalue weighted by molar-refractivity contribution is -0.146. The Labute approximate surface area is 217 Å². The van der Waals surface area contributed by atoms with Crippen LogP contribution >= 0.6 is 0 Å². The monoisotopic (exact) mass is 499 g/mol. The number of carbonyl (C=O) groups excluding carboxylic acids is 3. The summed E-state index contributed by atoms with van der Waals surface area (Å²) in [6.45, 7) is 3.23. The lowest BCUT2D eigenvalue weighted by Gasteiger charge is -2.40. The number of ether oxygens (including phenoxy) is 2.